The van der Waals surface area contributed by atoms with Crippen molar-refractivity contribution < 1.29 is 8.78 Å². The van der Waals surface area contributed by atoms with Crippen molar-refractivity contribution in [1.82, 2.24) is 14.5 Å². The van der Waals surface area contributed by atoms with Gasteiger partial charge in [0.1, 0.15) is 5.52 Å². The Morgan fingerprint density at radius 2 is 2.05 bits per heavy atom. The third-order valence-corrected chi connectivity index (χ3v) is 4.02. The molecule has 0 aliphatic rings. The van der Waals surface area contributed by atoms with Gasteiger partial charge in [-0.3, -0.25) is 4.57 Å². The number of aromatic nitrogens is 3. The molecule has 0 aliphatic carbocycles. The maximum Gasteiger partial charge on any atom is 0.288 e. The lowest BCUT2D eigenvalue weighted by Crippen LogP contribution is -2.03. The fraction of sp³-hybridized carbons (Fsp3) is 0.0769. The third kappa shape index (κ3) is 2.73. The number of imidazole rings is 1. The third-order valence-electron chi connectivity index (χ3n) is 2.81. The van der Waals surface area contributed by atoms with Crippen LogP contribution in [0.3, 0.4) is 0 Å². The van der Waals surface area contributed by atoms with E-state index in [9.17, 15) is 8.78 Å². The van der Waals surface area contributed by atoms with E-state index in [0.29, 0.717) is 33.5 Å². The van der Waals surface area contributed by atoms with Crippen molar-refractivity contribution in [3.8, 4) is 5.69 Å². The van der Waals surface area contributed by atoms with Gasteiger partial charge in [0.15, 0.2) is 5.65 Å². The zero-order chi connectivity index (χ0) is 15.0. The zero-order valence-corrected chi connectivity index (χ0v) is 12.9. The second kappa shape index (κ2) is 5.61. The molecule has 0 saturated carbocycles. The summed E-state index contributed by atoms with van der Waals surface area (Å²) >= 11 is 3.78. The second-order valence-corrected chi connectivity index (χ2v) is 6.10. The molecule has 0 radical (unpaired) electrons. The molecular weight excluding hydrogens is 362 g/mol. The van der Waals surface area contributed by atoms with Gasteiger partial charge in [-0.2, -0.15) is 8.78 Å². The molecule has 2 aromatic heterocycles. The number of nitrogens with two attached hydrogens (primary N) is 1. The molecule has 21 heavy (non-hydrogen) atoms. The number of hydrogen-bond acceptors (Lipinski definition) is 4. The van der Waals surface area contributed by atoms with E-state index in [-0.39, 0.29) is 5.95 Å². The van der Waals surface area contributed by atoms with Crippen molar-refractivity contribution in [1.29, 1.82) is 0 Å². The molecule has 0 aliphatic heterocycles. The highest BCUT2D eigenvalue weighted by atomic mass is 79.9. The van der Waals surface area contributed by atoms with Gasteiger partial charge in [0.25, 0.3) is 5.76 Å². The molecule has 0 fully saturated rings. The van der Waals surface area contributed by atoms with Crippen LogP contribution in [-0.4, -0.2) is 20.3 Å². The van der Waals surface area contributed by atoms with E-state index in [0.717, 1.165) is 4.47 Å². The van der Waals surface area contributed by atoms with Crippen molar-refractivity contribution in [2.75, 3.05) is 5.73 Å². The van der Waals surface area contributed by atoms with Crippen LogP contribution in [0.4, 0.5) is 14.7 Å². The van der Waals surface area contributed by atoms with Crippen LogP contribution >= 0.6 is 27.7 Å². The van der Waals surface area contributed by atoms with Crippen molar-refractivity contribution >= 4 is 44.8 Å². The lowest BCUT2D eigenvalue weighted by atomic mass is 10.3. The Morgan fingerprint density at radius 3 is 2.81 bits per heavy atom. The number of para-hydroxylation sites is 1. The number of halogens is 3. The minimum absolute atomic E-state index is 0.206. The summed E-state index contributed by atoms with van der Waals surface area (Å²) in [6.07, 6.45) is 1.61. The van der Waals surface area contributed by atoms with Crippen LogP contribution in [0.1, 0.15) is 0 Å². The Hall–Kier alpha value is -1.67. The van der Waals surface area contributed by atoms with Gasteiger partial charge < -0.3 is 5.73 Å². The van der Waals surface area contributed by atoms with Crippen LogP contribution in [-0.2, 0) is 0 Å². The fourth-order valence-corrected chi connectivity index (χ4v) is 2.98. The molecule has 0 spiro atoms. The summed E-state index contributed by atoms with van der Waals surface area (Å²) in [5.74, 6) is -2.30. The second-order valence-electron chi connectivity index (χ2n) is 4.15. The molecule has 0 bridgehead atoms. The van der Waals surface area contributed by atoms with E-state index in [1.807, 2.05) is 0 Å². The molecule has 2 heterocycles. The maximum atomic E-state index is 12.7. The molecule has 3 aromatic rings. The van der Waals surface area contributed by atoms with Gasteiger partial charge in [0.05, 0.1) is 5.69 Å². The Balaban J connectivity index is 2.23. The standard InChI is InChI=1S/C13H9BrF2N4S/c14-7-5-8-11(18-6-7)20(13(17)19-8)9-3-1-2-4-10(9)21-12(15)16/h1-6,12H,(H2,17,19). The molecule has 0 atom stereocenters. The van der Waals surface area contributed by atoms with E-state index in [1.54, 1.807) is 41.1 Å². The van der Waals surface area contributed by atoms with Crippen molar-refractivity contribution in [2.45, 2.75) is 10.7 Å². The van der Waals surface area contributed by atoms with Crippen molar-refractivity contribution in [2.24, 2.45) is 0 Å². The number of nitrogens with zero attached hydrogens (tertiary/aromatic N) is 3. The predicted molar refractivity (Wildman–Crippen MR) is 82.8 cm³/mol. The molecular formula is C13H9BrF2N4S. The molecule has 0 unspecified atom stereocenters. The van der Waals surface area contributed by atoms with Gasteiger partial charge in [-0.15, -0.1) is 0 Å². The largest absolute Gasteiger partial charge is 0.369 e. The Labute approximate surface area is 131 Å². The van der Waals surface area contributed by atoms with Crippen LogP contribution in [0.2, 0.25) is 0 Å². The number of benzene rings is 1. The summed E-state index contributed by atoms with van der Waals surface area (Å²) in [7, 11) is 0. The van der Waals surface area contributed by atoms with Gasteiger partial charge in [0, 0.05) is 15.6 Å². The summed E-state index contributed by atoms with van der Waals surface area (Å²) < 4.78 is 27.7. The predicted octanol–water partition coefficient (Wildman–Crippen LogP) is 4.08. The van der Waals surface area contributed by atoms with Gasteiger partial charge in [-0.25, -0.2) is 9.97 Å². The summed E-state index contributed by atoms with van der Waals surface area (Å²) in [6, 6.07) is 8.57. The lowest BCUT2D eigenvalue weighted by molar-refractivity contribution is 0.252. The average Bonchev–Trinajstić information content (AvgIpc) is 2.74. The van der Waals surface area contributed by atoms with Crippen molar-refractivity contribution in [3.05, 3.63) is 41.0 Å². The smallest absolute Gasteiger partial charge is 0.288 e. The number of nitrogen functional groups attached to an aromatic ring is 1. The molecule has 3 rings (SSSR count). The van der Waals surface area contributed by atoms with E-state index in [1.165, 1.54) is 0 Å². The lowest BCUT2D eigenvalue weighted by Gasteiger charge is -2.11. The number of anilines is 1. The normalized spacial score (nSPS) is 11.4. The first-order valence-electron chi connectivity index (χ1n) is 5.90. The van der Waals surface area contributed by atoms with Crippen molar-refractivity contribution in [3.63, 3.8) is 0 Å². The number of hydrogen-bond donors (Lipinski definition) is 1. The van der Waals surface area contributed by atoms with Gasteiger partial charge in [0.2, 0.25) is 5.95 Å². The maximum absolute atomic E-state index is 12.7. The SMILES string of the molecule is Nc1nc2cc(Br)cnc2n1-c1ccccc1SC(F)F. The summed E-state index contributed by atoms with van der Waals surface area (Å²) in [5, 5.41) is 0. The van der Waals surface area contributed by atoms with Crippen LogP contribution in [0.5, 0.6) is 0 Å². The highest BCUT2D eigenvalue weighted by molar-refractivity contribution is 9.10. The van der Waals surface area contributed by atoms with Crippen LogP contribution in [0.15, 0.2) is 45.9 Å². The highest BCUT2D eigenvalue weighted by Gasteiger charge is 2.16. The monoisotopic (exact) mass is 370 g/mol. The van der Waals surface area contributed by atoms with Gasteiger partial charge in [-0.05, 0) is 34.1 Å². The quantitative estimate of drug-likeness (QED) is 0.705. The zero-order valence-electron chi connectivity index (χ0n) is 10.5. The summed E-state index contributed by atoms with van der Waals surface area (Å²) in [5.41, 5.74) is 7.60. The summed E-state index contributed by atoms with van der Waals surface area (Å²) in [4.78, 5) is 8.92. The molecule has 1 aromatic carbocycles. The average molecular weight is 371 g/mol. The van der Waals surface area contributed by atoms with E-state index in [4.69, 9.17) is 5.73 Å². The molecule has 108 valence electrons. The fourth-order valence-electron chi connectivity index (χ4n) is 2.03. The number of rotatable bonds is 3. The Kier molecular flexibility index (Phi) is 3.81. The first-order valence-corrected chi connectivity index (χ1v) is 7.57. The first kappa shape index (κ1) is 14.3. The number of fused-ring (bicyclic) bond motifs is 1. The summed E-state index contributed by atoms with van der Waals surface area (Å²) in [6.45, 7) is 0. The van der Waals surface area contributed by atoms with Crippen LogP contribution < -0.4 is 5.73 Å². The molecule has 2 N–H and O–H groups in total. The van der Waals surface area contributed by atoms with Gasteiger partial charge >= 0.3 is 0 Å². The molecule has 8 heteroatoms. The van der Waals surface area contributed by atoms with Gasteiger partial charge in [-0.1, -0.05) is 23.9 Å². The minimum Gasteiger partial charge on any atom is -0.369 e. The number of thioether (sulfide) groups is 1. The number of alkyl halides is 2. The van der Waals surface area contributed by atoms with E-state index < -0.39 is 5.76 Å². The minimum atomic E-state index is -2.51. The Bertz CT molecular complexity index is 806. The highest BCUT2D eigenvalue weighted by Crippen LogP contribution is 2.33. The van der Waals surface area contributed by atoms with E-state index >= 15 is 0 Å². The molecule has 0 saturated heterocycles. The topological polar surface area (TPSA) is 56.7 Å². The van der Waals surface area contributed by atoms with Crippen LogP contribution in [0, 0.1) is 0 Å². The first-order chi connectivity index (χ1) is 10.1. The van der Waals surface area contributed by atoms with E-state index in [2.05, 4.69) is 25.9 Å². The Morgan fingerprint density at radius 1 is 1.29 bits per heavy atom. The van der Waals surface area contributed by atoms with Crippen LogP contribution in [0.25, 0.3) is 16.9 Å². The molecule has 4 nitrogen and oxygen atoms in total. The number of pyridine rings is 1. The molecule has 0 amide bonds.